The van der Waals surface area contributed by atoms with E-state index in [0.717, 1.165) is 5.56 Å². The van der Waals surface area contributed by atoms with E-state index in [1.807, 2.05) is 6.92 Å². The molecule has 1 heterocycles. The number of nitrogens with zero attached hydrogens (tertiary/aromatic N) is 2. The van der Waals surface area contributed by atoms with Crippen LogP contribution in [0.1, 0.15) is 23.6 Å². The van der Waals surface area contributed by atoms with Gasteiger partial charge in [0.15, 0.2) is 0 Å². The smallest absolute Gasteiger partial charge is 0.258 e. The lowest BCUT2D eigenvalue weighted by Crippen LogP contribution is -2.37. The minimum atomic E-state index is -3.73. The average molecular weight is 393 g/mol. The highest BCUT2D eigenvalue weighted by molar-refractivity contribution is 7.89. The largest absolute Gasteiger partial charge is 0.269 e. The highest BCUT2D eigenvalue weighted by Gasteiger charge is 2.34. The van der Waals surface area contributed by atoms with Crippen molar-refractivity contribution in [2.24, 2.45) is 0 Å². The molecule has 0 bridgehead atoms. The van der Waals surface area contributed by atoms with Crippen molar-refractivity contribution in [3.8, 4) is 0 Å². The van der Waals surface area contributed by atoms with E-state index in [4.69, 9.17) is 11.6 Å². The number of sulfonamides is 1. The summed E-state index contributed by atoms with van der Waals surface area (Å²) in [6.07, 6.45) is 2.00. The van der Waals surface area contributed by atoms with Crippen molar-refractivity contribution in [2.45, 2.75) is 24.3 Å². The third-order valence-corrected chi connectivity index (χ3v) is 6.54. The van der Waals surface area contributed by atoms with Crippen LogP contribution in [0.5, 0.6) is 0 Å². The number of benzene rings is 2. The van der Waals surface area contributed by atoms with E-state index in [9.17, 15) is 18.5 Å². The molecule has 0 spiro atoms. The molecule has 0 saturated carbocycles. The Bertz CT molecular complexity index is 954. The second kappa shape index (κ2) is 7.19. The molecule has 0 aliphatic carbocycles. The quantitative estimate of drug-likeness (QED) is 0.577. The molecule has 1 aliphatic rings. The van der Waals surface area contributed by atoms with E-state index >= 15 is 0 Å². The molecule has 0 saturated heterocycles. The topological polar surface area (TPSA) is 80.5 Å². The van der Waals surface area contributed by atoms with Crippen molar-refractivity contribution >= 4 is 27.3 Å². The molecule has 1 unspecified atom stereocenters. The Kier molecular flexibility index (Phi) is 5.13. The van der Waals surface area contributed by atoms with Crippen LogP contribution in [0.25, 0.3) is 0 Å². The van der Waals surface area contributed by atoms with Gasteiger partial charge in [0.05, 0.1) is 15.9 Å². The number of non-ortho nitro benzene ring substituents is 1. The number of hydrogen-bond acceptors (Lipinski definition) is 4. The van der Waals surface area contributed by atoms with Gasteiger partial charge in [0.2, 0.25) is 10.0 Å². The van der Waals surface area contributed by atoms with Crippen LogP contribution in [0.15, 0.2) is 64.5 Å². The lowest BCUT2D eigenvalue weighted by Gasteiger charge is -2.33. The lowest BCUT2D eigenvalue weighted by atomic mass is 10.0. The first-order chi connectivity index (χ1) is 12.3. The fourth-order valence-corrected chi connectivity index (χ4v) is 4.67. The van der Waals surface area contributed by atoms with Gasteiger partial charge in [-0.1, -0.05) is 47.5 Å². The molecule has 6 nitrogen and oxygen atoms in total. The van der Waals surface area contributed by atoms with Crippen molar-refractivity contribution in [1.29, 1.82) is 0 Å². The van der Waals surface area contributed by atoms with Crippen LogP contribution in [-0.4, -0.2) is 24.2 Å². The zero-order chi connectivity index (χ0) is 18.9. The normalized spacial score (nSPS) is 18.4. The molecule has 2 aromatic carbocycles. The summed E-state index contributed by atoms with van der Waals surface area (Å²) in [7, 11) is -3.73. The van der Waals surface area contributed by atoms with Gasteiger partial charge in [-0.3, -0.25) is 10.1 Å². The molecule has 3 rings (SSSR count). The SMILES string of the molecule is Cc1ccc(S(=O)(=O)N2CC=C(Cl)CC2c2ccc([N+](=O)[O-])cc2)cc1. The Hall–Kier alpha value is -2.22. The molecular weight excluding hydrogens is 376 g/mol. The number of aryl methyl sites for hydroxylation is 1. The minimum Gasteiger partial charge on any atom is -0.258 e. The number of nitro groups is 1. The Labute approximate surface area is 156 Å². The molecule has 8 heteroatoms. The predicted molar refractivity (Wildman–Crippen MR) is 99.5 cm³/mol. The van der Waals surface area contributed by atoms with Crippen molar-refractivity contribution in [3.05, 3.63) is 80.9 Å². The second-order valence-electron chi connectivity index (χ2n) is 6.11. The summed E-state index contributed by atoms with van der Waals surface area (Å²) in [6.45, 7) is 2.04. The number of halogens is 1. The average Bonchev–Trinajstić information content (AvgIpc) is 2.62. The van der Waals surface area contributed by atoms with Crippen molar-refractivity contribution in [3.63, 3.8) is 0 Å². The monoisotopic (exact) mass is 392 g/mol. The van der Waals surface area contributed by atoms with Crippen LogP contribution in [0, 0.1) is 17.0 Å². The van der Waals surface area contributed by atoms with E-state index < -0.39 is 21.0 Å². The molecule has 0 fully saturated rings. The first-order valence-electron chi connectivity index (χ1n) is 7.96. The van der Waals surface area contributed by atoms with Crippen LogP contribution < -0.4 is 0 Å². The van der Waals surface area contributed by atoms with Crippen LogP contribution in [0.2, 0.25) is 0 Å². The van der Waals surface area contributed by atoms with Crippen LogP contribution >= 0.6 is 11.6 Å². The summed E-state index contributed by atoms with van der Waals surface area (Å²) in [5.41, 5.74) is 1.59. The van der Waals surface area contributed by atoms with Gasteiger partial charge < -0.3 is 0 Å². The van der Waals surface area contributed by atoms with Crippen LogP contribution in [0.3, 0.4) is 0 Å². The summed E-state index contributed by atoms with van der Waals surface area (Å²) in [4.78, 5) is 10.6. The maximum Gasteiger partial charge on any atom is 0.269 e. The van der Waals surface area contributed by atoms with Gasteiger partial charge in [-0.05, 0) is 24.6 Å². The zero-order valence-electron chi connectivity index (χ0n) is 14.0. The van der Waals surface area contributed by atoms with Gasteiger partial charge >= 0.3 is 0 Å². The van der Waals surface area contributed by atoms with Crippen LogP contribution in [0.4, 0.5) is 5.69 Å². The fraction of sp³-hybridized carbons (Fsp3) is 0.222. The Morgan fingerprint density at radius 3 is 2.31 bits per heavy atom. The Balaban J connectivity index is 2.00. The van der Waals surface area contributed by atoms with E-state index in [1.54, 1.807) is 42.5 Å². The highest BCUT2D eigenvalue weighted by Crippen LogP contribution is 2.37. The van der Waals surface area contributed by atoms with Crippen LogP contribution in [-0.2, 0) is 10.0 Å². The maximum atomic E-state index is 13.1. The molecule has 0 aromatic heterocycles. The van der Waals surface area contributed by atoms with E-state index in [0.29, 0.717) is 17.0 Å². The molecular formula is C18H17ClN2O4S. The van der Waals surface area contributed by atoms with E-state index in [1.165, 1.54) is 16.4 Å². The first-order valence-corrected chi connectivity index (χ1v) is 9.78. The lowest BCUT2D eigenvalue weighted by molar-refractivity contribution is -0.384. The molecule has 136 valence electrons. The molecule has 26 heavy (non-hydrogen) atoms. The Morgan fingerprint density at radius 1 is 1.12 bits per heavy atom. The molecule has 2 aromatic rings. The summed E-state index contributed by atoms with van der Waals surface area (Å²) in [5.74, 6) is 0. The van der Waals surface area contributed by atoms with Gasteiger partial charge in [0, 0.05) is 30.1 Å². The van der Waals surface area contributed by atoms with Crippen molar-refractivity contribution in [2.75, 3.05) is 6.54 Å². The van der Waals surface area contributed by atoms with Gasteiger partial charge in [-0.15, -0.1) is 0 Å². The first kappa shape index (κ1) is 18.6. The number of hydrogen-bond donors (Lipinski definition) is 0. The van der Waals surface area contributed by atoms with Gasteiger partial charge in [-0.25, -0.2) is 8.42 Å². The highest BCUT2D eigenvalue weighted by atomic mass is 35.5. The summed E-state index contributed by atoms with van der Waals surface area (Å²) < 4.78 is 27.6. The maximum absolute atomic E-state index is 13.1. The van der Waals surface area contributed by atoms with Gasteiger partial charge in [0.25, 0.3) is 5.69 Å². The Morgan fingerprint density at radius 2 is 1.73 bits per heavy atom. The van der Waals surface area contributed by atoms with E-state index in [-0.39, 0.29) is 17.1 Å². The molecule has 0 N–H and O–H groups in total. The number of nitro benzene ring substituents is 1. The predicted octanol–water partition coefficient (Wildman–Crippen LogP) is 4.16. The third-order valence-electron chi connectivity index (χ3n) is 4.34. The third kappa shape index (κ3) is 3.65. The summed E-state index contributed by atoms with van der Waals surface area (Å²) in [5, 5.41) is 11.4. The molecule has 1 atom stereocenters. The molecule has 0 radical (unpaired) electrons. The minimum absolute atomic E-state index is 0.0425. The fourth-order valence-electron chi connectivity index (χ4n) is 2.90. The standard InChI is InChI=1S/C18H17ClN2O4S/c1-13-2-8-17(9-3-13)26(24,25)20-11-10-15(19)12-18(20)14-4-6-16(7-5-14)21(22)23/h2-10,18H,11-12H2,1H3. The van der Waals surface area contributed by atoms with Crippen molar-refractivity contribution in [1.82, 2.24) is 4.31 Å². The summed E-state index contributed by atoms with van der Waals surface area (Å²) >= 11 is 6.16. The van der Waals surface area contributed by atoms with Gasteiger partial charge in [-0.2, -0.15) is 4.31 Å². The van der Waals surface area contributed by atoms with E-state index in [2.05, 4.69) is 0 Å². The van der Waals surface area contributed by atoms with Crippen molar-refractivity contribution < 1.29 is 13.3 Å². The van der Waals surface area contributed by atoms with Gasteiger partial charge in [0.1, 0.15) is 0 Å². The zero-order valence-corrected chi connectivity index (χ0v) is 15.6. The second-order valence-corrected chi connectivity index (χ2v) is 8.48. The molecule has 0 amide bonds. The number of rotatable bonds is 4. The summed E-state index contributed by atoms with van der Waals surface area (Å²) in [6, 6.07) is 12.1. The molecule has 1 aliphatic heterocycles.